The Hall–Kier alpha value is -2.14. The maximum Gasteiger partial charge on any atom is 0.225 e. The van der Waals surface area contributed by atoms with Crippen LogP contribution in [0.4, 0.5) is 17.5 Å². The number of nitrogens with zero attached hydrogens (tertiary/aromatic N) is 5. The van der Waals surface area contributed by atoms with Gasteiger partial charge in [0, 0.05) is 42.4 Å². The van der Waals surface area contributed by atoms with Crippen molar-refractivity contribution in [2.75, 3.05) is 91.0 Å². The third kappa shape index (κ3) is 14.2. The van der Waals surface area contributed by atoms with Gasteiger partial charge in [-0.25, -0.2) is 4.98 Å². The number of rotatable bonds is 20. The summed E-state index contributed by atoms with van der Waals surface area (Å²) < 4.78 is 0. The fourth-order valence-corrected chi connectivity index (χ4v) is 4.87. The number of carbonyl (C=O) groups is 1. The highest BCUT2D eigenvalue weighted by molar-refractivity contribution is 7.81. The van der Waals surface area contributed by atoms with Gasteiger partial charge in [0.15, 0.2) is 0 Å². The molecule has 10 heteroatoms. The van der Waals surface area contributed by atoms with E-state index >= 15 is 0 Å². The zero-order chi connectivity index (χ0) is 28.6. The Morgan fingerprint density at radius 3 is 2.08 bits per heavy atom. The Kier molecular flexibility index (Phi) is 15.5. The highest BCUT2D eigenvalue weighted by Gasteiger charge is 2.13. The Morgan fingerprint density at radius 1 is 0.821 bits per heavy atom. The quantitative estimate of drug-likeness (QED) is 0.139. The smallest absolute Gasteiger partial charge is 0.225 e. The van der Waals surface area contributed by atoms with Crippen LogP contribution in [0.25, 0.3) is 10.9 Å². The first-order chi connectivity index (χ1) is 18.6. The summed E-state index contributed by atoms with van der Waals surface area (Å²) in [5, 5.41) is 10.9. The summed E-state index contributed by atoms with van der Waals surface area (Å²) in [6.07, 6.45) is 8.49. The topological polar surface area (TPSA) is 88.7 Å². The lowest BCUT2D eigenvalue weighted by molar-refractivity contribution is -0.116. The predicted molar refractivity (Wildman–Crippen MR) is 171 cm³/mol. The number of benzene rings is 1. The van der Waals surface area contributed by atoms with E-state index in [0.717, 1.165) is 68.0 Å². The van der Waals surface area contributed by atoms with Crippen molar-refractivity contribution in [1.29, 1.82) is 0 Å². The van der Waals surface area contributed by atoms with Gasteiger partial charge in [-0.15, -0.1) is 0 Å². The van der Waals surface area contributed by atoms with Gasteiger partial charge in [-0.2, -0.15) is 17.6 Å². The van der Waals surface area contributed by atoms with Crippen molar-refractivity contribution >= 4 is 46.9 Å². The minimum atomic E-state index is -0.0445. The molecule has 0 saturated carbocycles. The third-order valence-corrected chi connectivity index (χ3v) is 6.71. The van der Waals surface area contributed by atoms with Crippen molar-refractivity contribution in [3.8, 4) is 0 Å². The highest BCUT2D eigenvalue weighted by atomic mass is 32.1. The van der Waals surface area contributed by atoms with Crippen molar-refractivity contribution in [1.82, 2.24) is 24.7 Å². The third-order valence-electron chi connectivity index (χ3n) is 6.37. The number of hydrogen-bond acceptors (Lipinski definition) is 9. The van der Waals surface area contributed by atoms with Crippen LogP contribution < -0.4 is 16.0 Å². The highest BCUT2D eigenvalue weighted by Crippen LogP contribution is 2.26. The van der Waals surface area contributed by atoms with Crippen LogP contribution in [-0.4, -0.2) is 111 Å². The number of aromatic nitrogens is 2. The average molecular weight is 561 g/mol. The molecule has 1 aromatic carbocycles. The van der Waals surface area contributed by atoms with Crippen LogP contribution in [0.2, 0.25) is 0 Å². The number of carbonyl (C=O) groups excluding carboxylic acids is 1. The molecule has 220 valence electrons. The van der Waals surface area contributed by atoms with Crippen molar-refractivity contribution in [2.45, 2.75) is 56.6 Å². The van der Waals surface area contributed by atoms with Gasteiger partial charge in [-0.3, -0.25) is 4.79 Å². The van der Waals surface area contributed by atoms with Crippen molar-refractivity contribution in [2.24, 2.45) is 0 Å². The molecule has 0 aliphatic rings. The first kappa shape index (κ1) is 33.1. The molecule has 0 fully saturated rings. The molecular weight excluding hydrogens is 508 g/mol. The van der Waals surface area contributed by atoms with Crippen LogP contribution in [-0.2, 0) is 4.79 Å². The molecule has 0 saturated heterocycles. The molecular formula is C29H52N8OS. The molecule has 2 aromatic rings. The first-order valence-corrected chi connectivity index (χ1v) is 14.9. The Balaban J connectivity index is 2.06. The Labute approximate surface area is 241 Å². The van der Waals surface area contributed by atoms with Gasteiger partial charge in [0.25, 0.3) is 0 Å². The predicted octanol–water partition coefficient (Wildman–Crippen LogP) is 4.50. The lowest BCUT2D eigenvalue weighted by atomic mass is 10.1. The number of anilines is 3. The van der Waals surface area contributed by atoms with E-state index in [1.54, 1.807) is 0 Å². The van der Waals surface area contributed by atoms with Gasteiger partial charge in [0.05, 0.1) is 5.52 Å². The molecule has 1 amide bonds. The summed E-state index contributed by atoms with van der Waals surface area (Å²) in [4.78, 5) is 28.7. The lowest BCUT2D eigenvalue weighted by Crippen LogP contribution is -2.26. The first-order valence-electron chi connectivity index (χ1n) is 14.4. The maximum absolute atomic E-state index is 12.6. The van der Waals surface area contributed by atoms with Crippen molar-refractivity contribution < 1.29 is 4.79 Å². The summed E-state index contributed by atoms with van der Waals surface area (Å²) >= 11 is 4.55. The molecule has 0 aliphatic carbocycles. The minimum Gasteiger partial charge on any atom is -0.369 e. The van der Waals surface area contributed by atoms with Crippen LogP contribution in [0.1, 0.15) is 51.4 Å². The molecule has 0 aliphatic heterocycles. The molecule has 0 spiro atoms. The molecule has 2 rings (SSSR count). The fraction of sp³-hybridized carbons (Fsp3) is 0.690. The Bertz CT molecular complexity index is 985. The maximum atomic E-state index is 12.6. The fourth-order valence-electron chi connectivity index (χ4n) is 4.38. The number of hydrogen-bond donors (Lipinski definition) is 4. The number of fused-ring (bicyclic) bond motifs is 1. The molecule has 0 bridgehead atoms. The Morgan fingerprint density at radius 2 is 1.44 bits per heavy atom. The summed E-state index contributed by atoms with van der Waals surface area (Å²) in [6, 6.07) is 5.84. The van der Waals surface area contributed by atoms with E-state index in [1.165, 1.54) is 32.1 Å². The summed E-state index contributed by atoms with van der Waals surface area (Å²) in [6.45, 7) is 4.68. The van der Waals surface area contributed by atoms with E-state index in [4.69, 9.17) is 9.97 Å². The van der Waals surface area contributed by atoms with E-state index in [9.17, 15) is 4.79 Å². The lowest BCUT2D eigenvalue weighted by Gasteiger charge is -2.16. The van der Waals surface area contributed by atoms with Crippen LogP contribution in [0.5, 0.6) is 0 Å². The molecule has 0 radical (unpaired) electrons. The number of nitrogens with one attached hydrogen (secondary N) is 3. The molecule has 1 aromatic heterocycles. The van der Waals surface area contributed by atoms with Crippen LogP contribution in [0.3, 0.4) is 0 Å². The van der Waals surface area contributed by atoms with E-state index in [-0.39, 0.29) is 11.2 Å². The standard InChI is InChI=1S/C29H52N8OS/c1-35(2)18-12-8-7-10-16-30-28-25-20-23(32-27(38)21-24(39)22-37(5)6)14-15-26(25)33-29(34-28)31-17-11-9-13-19-36(3)4/h14-15,20,24,39H,7-13,16-19,21-22H2,1-6H3,(H,32,38)(H2,30,31,33,34)/t24-/m0/s1. The molecule has 3 N–H and O–H groups in total. The molecule has 9 nitrogen and oxygen atoms in total. The summed E-state index contributed by atoms with van der Waals surface area (Å²) in [5.41, 5.74) is 1.60. The zero-order valence-corrected chi connectivity index (χ0v) is 26.0. The van der Waals surface area contributed by atoms with Gasteiger partial charge >= 0.3 is 0 Å². The van der Waals surface area contributed by atoms with Gasteiger partial charge in [0.2, 0.25) is 11.9 Å². The molecule has 1 heterocycles. The van der Waals surface area contributed by atoms with E-state index in [0.29, 0.717) is 12.4 Å². The van der Waals surface area contributed by atoms with Crippen LogP contribution in [0, 0.1) is 0 Å². The average Bonchev–Trinajstić information content (AvgIpc) is 2.84. The van der Waals surface area contributed by atoms with Crippen LogP contribution >= 0.6 is 12.6 Å². The van der Waals surface area contributed by atoms with E-state index in [2.05, 4.69) is 66.6 Å². The van der Waals surface area contributed by atoms with Gasteiger partial charge < -0.3 is 30.7 Å². The van der Waals surface area contributed by atoms with Crippen LogP contribution in [0.15, 0.2) is 18.2 Å². The second kappa shape index (κ2) is 18.3. The molecule has 0 unspecified atom stereocenters. The van der Waals surface area contributed by atoms with Gasteiger partial charge in [-0.05, 0) is 99.3 Å². The molecule has 39 heavy (non-hydrogen) atoms. The van der Waals surface area contributed by atoms with E-state index in [1.807, 2.05) is 37.2 Å². The minimum absolute atomic E-state index is 0.0183. The number of thiol groups is 1. The second-order valence-electron chi connectivity index (χ2n) is 11.2. The van der Waals surface area contributed by atoms with Crippen molar-refractivity contribution in [3.63, 3.8) is 0 Å². The van der Waals surface area contributed by atoms with E-state index < -0.39 is 0 Å². The normalized spacial score (nSPS) is 12.5. The van der Waals surface area contributed by atoms with Gasteiger partial charge in [0.1, 0.15) is 5.82 Å². The monoisotopic (exact) mass is 560 g/mol. The number of amides is 1. The zero-order valence-electron chi connectivity index (χ0n) is 25.1. The SMILES string of the molecule is CN(C)CCCCCCNc1nc(NCCCCCN(C)C)nc2ccc(NC(=O)C[C@H](S)CN(C)C)cc12. The largest absolute Gasteiger partial charge is 0.369 e. The number of unbranched alkanes of at least 4 members (excludes halogenated alkanes) is 5. The van der Waals surface area contributed by atoms with Crippen molar-refractivity contribution in [3.05, 3.63) is 18.2 Å². The molecule has 1 atom stereocenters. The summed E-state index contributed by atoms with van der Waals surface area (Å²) in [7, 11) is 12.4. The van der Waals surface area contributed by atoms with Gasteiger partial charge in [-0.1, -0.05) is 19.3 Å². The second-order valence-corrected chi connectivity index (χ2v) is 12.0. The summed E-state index contributed by atoms with van der Waals surface area (Å²) in [5.74, 6) is 1.40.